The lowest BCUT2D eigenvalue weighted by molar-refractivity contribution is -0.140. The molecule has 18 heavy (non-hydrogen) atoms. The summed E-state index contributed by atoms with van der Waals surface area (Å²) in [5, 5.41) is 8.75. The summed E-state index contributed by atoms with van der Waals surface area (Å²) in [7, 11) is 0. The average molecular weight is 254 g/mol. The first kappa shape index (κ1) is 13.3. The van der Waals surface area contributed by atoms with Gasteiger partial charge in [0.1, 0.15) is 0 Å². The second kappa shape index (κ2) is 5.26. The van der Waals surface area contributed by atoms with Crippen LogP contribution in [0.1, 0.15) is 44.9 Å². The van der Waals surface area contributed by atoms with E-state index in [0.717, 1.165) is 38.5 Å². The van der Waals surface area contributed by atoms with Crippen LogP contribution in [0.2, 0.25) is 0 Å². The molecule has 0 bridgehead atoms. The zero-order chi connectivity index (χ0) is 13.2. The van der Waals surface area contributed by atoms with Gasteiger partial charge in [-0.1, -0.05) is 12.8 Å². The monoisotopic (exact) mass is 254 g/mol. The van der Waals surface area contributed by atoms with Crippen molar-refractivity contribution in [1.29, 1.82) is 0 Å². The molecule has 1 heterocycles. The first-order valence-electron chi connectivity index (χ1n) is 6.81. The van der Waals surface area contributed by atoms with E-state index >= 15 is 0 Å². The van der Waals surface area contributed by atoms with Crippen LogP contribution in [0, 0.1) is 5.92 Å². The highest BCUT2D eigenvalue weighted by molar-refractivity contribution is 5.86. The minimum absolute atomic E-state index is 0.0776. The van der Waals surface area contributed by atoms with Crippen LogP contribution in [0.3, 0.4) is 0 Å². The van der Waals surface area contributed by atoms with Crippen LogP contribution in [0.4, 0.5) is 0 Å². The highest BCUT2D eigenvalue weighted by atomic mass is 16.4. The second-order valence-electron chi connectivity index (χ2n) is 5.70. The summed E-state index contributed by atoms with van der Waals surface area (Å²) in [6, 6.07) is 0. The number of carboxylic acid groups (broad SMARTS) is 1. The van der Waals surface area contributed by atoms with E-state index in [9.17, 15) is 9.59 Å². The Morgan fingerprint density at radius 1 is 1.22 bits per heavy atom. The van der Waals surface area contributed by atoms with E-state index in [2.05, 4.69) is 0 Å². The van der Waals surface area contributed by atoms with Gasteiger partial charge in [0.25, 0.3) is 0 Å². The molecule has 0 spiro atoms. The lowest BCUT2D eigenvalue weighted by atomic mass is 9.91. The highest BCUT2D eigenvalue weighted by Crippen LogP contribution is 2.31. The fourth-order valence-electron chi connectivity index (χ4n) is 3.12. The molecule has 0 unspecified atom stereocenters. The SMILES string of the molecule is NC1(C(=O)N2CCC(CC(=O)O)CC2)CCCC1. The topological polar surface area (TPSA) is 83.6 Å². The van der Waals surface area contributed by atoms with Gasteiger partial charge < -0.3 is 15.7 Å². The van der Waals surface area contributed by atoms with Crippen molar-refractivity contribution in [2.75, 3.05) is 13.1 Å². The summed E-state index contributed by atoms with van der Waals surface area (Å²) in [6.45, 7) is 1.32. The van der Waals surface area contributed by atoms with E-state index in [1.165, 1.54) is 0 Å². The van der Waals surface area contributed by atoms with Crippen molar-refractivity contribution in [3.05, 3.63) is 0 Å². The van der Waals surface area contributed by atoms with E-state index in [4.69, 9.17) is 10.8 Å². The number of hydrogen-bond donors (Lipinski definition) is 2. The highest BCUT2D eigenvalue weighted by Gasteiger charge is 2.40. The minimum Gasteiger partial charge on any atom is -0.481 e. The molecule has 5 heteroatoms. The Morgan fingerprint density at radius 3 is 2.28 bits per heavy atom. The van der Waals surface area contributed by atoms with Crippen LogP contribution in [-0.4, -0.2) is 40.5 Å². The maximum atomic E-state index is 12.3. The summed E-state index contributed by atoms with van der Waals surface area (Å²) < 4.78 is 0. The van der Waals surface area contributed by atoms with Gasteiger partial charge in [-0.25, -0.2) is 0 Å². The van der Waals surface area contributed by atoms with Crippen LogP contribution in [0.25, 0.3) is 0 Å². The van der Waals surface area contributed by atoms with Crippen LogP contribution < -0.4 is 5.73 Å². The van der Waals surface area contributed by atoms with E-state index in [1.807, 2.05) is 4.90 Å². The predicted molar refractivity (Wildman–Crippen MR) is 66.9 cm³/mol. The van der Waals surface area contributed by atoms with Crippen molar-refractivity contribution in [1.82, 2.24) is 4.90 Å². The smallest absolute Gasteiger partial charge is 0.303 e. The number of carbonyl (C=O) groups is 2. The van der Waals surface area contributed by atoms with Crippen LogP contribution >= 0.6 is 0 Å². The molecule has 1 aliphatic heterocycles. The Labute approximate surface area is 107 Å². The second-order valence-corrected chi connectivity index (χ2v) is 5.70. The Kier molecular flexibility index (Phi) is 3.90. The van der Waals surface area contributed by atoms with Crippen molar-refractivity contribution in [3.8, 4) is 0 Å². The number of nitrogens with zero attached hydrogens (tertiary/aromatic N) is 1. The third kappa shape index (κ3) is 2.83. The largest absolute Gasteiger partial charge is 0.481 e. The third-order valence-electron chi connectivity index (χ3n) is 4.29. The number of piperidine rings is 1. The molecule has 1 saturated heterocycles. The zero-order valence-electron chi connectivity index (χ0n) is 10.7. The Bertz CT molecular complexity index is 329. The van der Waals surface area contributed by atoms with Crippen molar-refractivity contribution < 1.29 is 14.7 Å². The van der Waals surface area contributed by atoms with Crippen molar-refractivity contribution in [3.63, 3.8) is 0 Å². The molecule has 0 aromatic heterocycles. The van der Waals surface area contributed by atoms with Gasteiger partial charge in [0.05, 0.1) is 5.54 Å². The Morgan fingerprint density at radius 2 is 1.78 bits per heavy atom. The number of rotatable bonds is 3. The lowest BCUT2D eigenvalue weighted by Crippen LogP contribution is -2.55. The summed E-state index contributed by atoms with van der Waals surface area (Å²) in [5.74, 6) is -0.455. The quantitative estimate of drug-likeness (QED) is 0.786. The molecule has 0 radical (unpaired) electrons. The summed E-state index contributed by atoms with van der Waals surface area (Å²) in [4.78, 5) is 24.8. The minimum atomic E-state index is -0.745. The fraction of sp³-hybridized carbons (Fsp3) is 0.846. The molecule has 2 fully saturated rings. The first-order valence-corrected chi connectivity index (χ1v) is 6.81. The average Bonchev–Trinajstić information content (AvgIpc) is 2.77. The molecular formula is C13H22N2O3. The van der Waals surface area contributed by atoms with Crippen LogP contribution in [0.5, 0.6) is 0 Å². The molecule has 1 saturated carbocycles. The van der Waals surface area contributed by atoms with Gasteiger partial charge in [-0.15, -0.1) is 0 Å². The number of likely N-dealkylation sites (tertiary alicyclic amines) is 1. The molecule has 3 N–H and O–H groups in total. The molecule has 1 aliphatic carbocycles. The van der Waals surface area contributed by atoms with Crippen LogP contribution in [-0.2, 0) is 9.59 Å². The van der Waals surface area contributed by atoms with E-state index in [0.29, 0.717) is 13.1 Å². The van der Waals surface area contributed by atoms with Gasteiger partial charge in [0, 0.05) is 19.5 Å². The van der Waals surface area contributed by atoms with Gasteiger partial charge in [0.15, 0.2) is 0 Å². The predicted octanol–water partition coefficient (Wildman–Crippen LogP) is 0.971. The third-order valence-corrected chi connectivity index (χ3v) is 4.29. The number of hydrogen-bond acceptors (Lipinski definition) is 3. The fourth-order valence-corrected chi connectivity index (χ4v) is 3.12. The molecule has 0 aromatic carbocycles. The molecule has 2 rings (SSSR count). The van der Waals surface area contributed by atoms with Gasteiger partial charge in [0.2, 0.25) is 5.91 Å². The van der Waals surface area contributed by atoms with Crippen molar-refractivity contribution in [2.45, 2.75) is 50.5 Å². The number of carboxylic acids is 1. The van der Waals surface area contributed by atoms with E-state index in [1.54, 1.807) is 0 Å². The van der Waals surface area contributed by atoms with Gasteiger partial charge >= 0.3 is 5.97 Å². The maximum Gasteiger partial charge on any atom is 0.303 e. The first-order chi connectivity index (χ1) is 8.51. The van der Waals surface area contributed by atoms with Gasteiger partial charge in [-0.2, -0.15) is 0 Å². The zero-order valence-corrected chi connectivity index (χ0v) is 10.7. The number of aliphatic carboxylic acids is 1. The molecule has 1 amide bonds. The molecule has 5 nitrogen and oxygen atoms in total. The summed E-state index contributed by atoms with van der Waals surface area (Å²) in [5.41, 5.74) is 5.52. The van der Waals surface area contributed by atoms with Crippen molar-refractivity contribution in [2.24, 2.45) is 11.7 Å². The molecular weight excluding hydrogens is 232 g/mol. The van der Waals surface area contributed by atoms with E-state index in [-0.39, 0.29) is 18.2 Å². The number of carbonyl (C=O) groups excluding carboxylic acids is 1. The molecule has 102 valence electrons. The number of amides is 1. The normalized spacial score (nSPS) is 24.2. The van der Waals surface area contributed by atoms with Gasteiger partial charge in [-0.3, -0.25) is 9.59 Å². The van der Waals surface area contributed by atoms with E-state index < -0.39 is 11.5 Å². The molecule has 0 aromatic rings. The number of nitrogens with two attached hydrogens (primary N) is 1. The standard InChI is InChI=1S/C13H22N2O3/c14-13(5-1-2-6-13)12(18)15-7-3-10(4-8-15)9-11(16)17/h10H,1-9,14H2,(H,16,17). The molecule has 2 aliphatic rings. The maximum absolute atomic E-state index is 12.3. The summed E-state index contributed by atoms with van der Waals surface area (Å²) >= 11 is 0. The van der Waals surface area contributed by atoms with Crippen molar-refractivity contribution >= 4 is 11.9 Å². The Hall–Kier alpha value is -1.10. The van der Waals surface area contributed by atoms with Gasteiger partial charge in [-0.05, 0) is 31.6 Å². The van der Waals surface area contributed by atoms with Crippen LogP contribution in [0.15, 0.2) is 0 Å². The summed E-state index contributed by atoms with van der Waals surface area (Å²) in [6.07, 6.45) is 5.45. The lowest BCUT2D eigenvalue weighted by Gasteiger charge is -2.36. The molecule has 0 atom stereocenters. The Balaban J connectivity index is 1.86.